The fourth-order valence-electron chi connectivity index (χ4n) is 2.07. The second kappa shape index (κ2) is 5.35. The van der Waals surface area contributed by atoms with E-state index in [-0.39, 0.29) is 17.0 Å². The zero-order valence-electron chi connectivity index (χ0n) is 10.1. The summed E-state index contributed by atoms with van der Waals surface area (Å²) in [6.07, 6.45) is 1.64. The lowest BCUT2D eigenvalue weighted by molar-refractivity contribution is -0.147. The third kappa shape index (κ3) is 2.22. The van der Waals surface area contributed by atoms with E-state index in [4.69, 9.17) is 5.73 Å². The van der Waals surface area contributed by atoms with Gasteiger partial charge in [0.25, 0.3) is 0 Å². The molecular formula is C10H10N4O3S3. The summed E-state index contributed by atoms with van der Waals surface area (Å²) >= 11 is 4.24. The number of rotatable bonds is 4. The predicted octanol–water partition coefficient (Wildman–Crippen LogP) is 0.211. The molecule has 7 nitrogen and oxygen atoms in total. The zero-order chi connectivity index (χ0) is 14.3. The van der Waals surface area contributed by atoms with Gasteiger partial charge in [-0.15, -0.1) is 28.6 Å². The van der Waals surface area contributed by atoms with Crippen molar-refractivity contribution < 1.29 is 14.7 Å². The van der Waals surface area contributed by atoms with Gasteiger partial charge in [-0.1, -0.05) is 4.49 Å². The molecule has 106 valence electrons. The number of aliphatic carboxylic acids is 1. The quantitative estimate of drug-likeness (QED) is 0.596. The second-order valence-corrected chi connectivity index (χ2v) is 7.38. The molecule has 1 aromatic heterocycles. The van der Waals surface area contributed by atoms with E-state index in [2.05, 4.69) is 9.59 Å². The normalized spacial score (nSPS) is 25.4. The van der Waals surface area contributed by atoms with Crippen LogP contribution >= 0.6 is 35.1 Å². The highest BCUT2D eigenvalue weighted by atomic mass is 32.2. The maximum Gasteiger partial charge on any atom is 0.352 e. The molecule has 20 heavy (non-hydrogen) atoms. The summed E-state index contributed by atoms with van der Waals surface area (Å²) in [6, 6.07) is -0.589. The molecule has 2 aliphatic rings. The summed E-state index contributed by atoms with van der Waals surface area (Å²) in [6.45, 7) is 0. The maximum atomic E-state index is 11.8. The molecule has 1 saturated heterocycles. The van der Waals surface area contributed by atoms with Crippen LogP contribution in [0, 0.1) is 0 Å². The van der Waals surface area contributed by atoms with Crippen LogP contribution in [0.15, 0.2) is 21.7 Å². The standard InChI is InChI=1S/C10H10N4O3S3/c11-6-8(15)14-7(10(16)17)4(3-19-9(6)14)2-18-5-1-12-13-20-5/h1,6,9H,2-3,11H2,(H,16,17)/t6?,9-/m1/s1. The van der Waals surface area contributed by atoms with E-state index < -0.39 is 12.0 Å². The Morgan fingerprint density at radius 1 is 1.65 bits per heavy atom. The Morgan fingerprint density at radius 3 is 3.10 bits per heavy atom. The van der Waals surface area contributed by atoms with Crippen molar-refractivity contribution in [2.45, 2.75) is 15.6 Å². The van der Waals surface area contributed by atoms with Crippen LogP contribution in [0.3, 0.4) is 0 Å². The smallest absolute Gasteiger partial charge is 0.352 e. The highest BCUT2D eigenvalue weighted by molar-refractivity contribution is 8.01. The number of carboxylic acid groups (broad SMARTS) is 1. The minimum absolute atomic E-state index is 0.0884. The first-order valence-corrected chi connectivity index (χ1v) is 8.46. The summed E-state index contributed by atoms with van der Waals surface area (Å²) in [5, 5.41) is 12.8. The van der Waals surface area contributed by atoms with Crippen LogP contribution in [-0.2, 0) is 9.59 Å². The number of amides is 1. The number of β-lactam (4-membered cyclic amide) rings is 1. The van der Waals surface area contributed by atoms with Crippen molar-refractivity contribution in [1.29, 1.82) is 0 Å². The van der Waals surface area contributed by atoms with E-state index >= 15 is 0 Å². The molecule has 1 amide bonds. The highest BCUT2D eigenvalue weighted by Crippen LogP contribution is 2.40. The molecule has 10 heteroatoms. The van der Waals surface area contributed by atoms with E-state index in [0.717, 1.165) is 9.78 Å². The summed E-state index contributed by atoms with van der Waals surface area (Å²) in [5.41, 5.74) is 6.51. The largest absolute Gasteiger partial charge is 0.477 e. The molecule has 3 rings (SSSR count). The number of nitrogens with two attached hydrogens (primary N) is 1. The molecule has 0 bridgehead atoms. The Hall–Kier alpha value is -1.10. The summed E-state index contributed by atoms with van der Waals surface area (Å²) in [4.78, 5) is 24.5. The second-order valence-electron chi connectivity index (χ2n) is 4.22. The van der Waals surface area contributed by atoms with Gasteiger partial charge in [-0.2, -0.15) is 0 Å². The van der Waals surface area contributed by atoms with Crippen LogP contribution in [-0.4, -0.2) is 54.4 Å². The fraction of sp³-hybridized carbons (Fsp3) is 0.400. The van der Waals surface area contributed by atoms with Crippen molar-refractivity contribution >= 4 is 46.9 Å². The van der Waals surface area contributed by atoms with Gasteiger partial charge in [0.1, 0.15) is 21.3 Å². The zero-order valence-corrected chi connectivity index (χ0v) is 12.5. The van der Waals surface area contributed by atoms with E-state index in [1.54, 1.807) is 6.20 Å². The minimum atomic E-state index is -1.08. The summed E-state index contributed by atoms with van der Waals surface area (Å²) in [7, 11) is 0. The van der Waals surface area contributed by atoms with E-state index in [9.17, 15) is 14.7 Å². The maximum absolute atomic E-state index is 11.8. The van der Waals surface area contributed by atoms with Gasteiger partial charge in [0.05, 0.1) is 6.20 Å². The molecule has 1 unspecified atom stereocenters. The molecular weight excluding hydrogens is 320 g/mol. The number of nitrogens with zero attached hydrogens (tertiary/aromatic N) is 3. The Bertz CT molecular complexity index is 589. The van der Waals surface area contributed by atoms with Crippen molar-refractivity contribution in [2.24, 2.45) is 5.73 Å². The van der Waals surface area contributed by atoms with Gasteiger partial charge in [-0.05, 0) is 17.1 Å². The Morgan fingerprint density at radius 2 is 2.45 bits per heavy atom. The van der Waals surface area contributed by atoms with Crippen LogP contribution in [0.5, 0.6) is 0 Å². The molecule has 0 saturated carbocycles. The molecule has 0 aromatic carbocycles. The van der Waals surface area contributed by atoms with Gasteiger partial charge >= 0.3 is 5.97 Å². The van der Waals surface area contributed by atoms with Gasteiger partial charge in [0.2, 0.25) is 5.91 Å². The molecule has 0 radical (unpaired) electrons. The van der Waals surface area contributed by atoms with Crippen molar-refractivity contribution in [3.05, 3.63) is 17.5 Å². The van der Waals surface area contributed by atoms with E-state index in [0.29, 0.717) is 11.5 Å². The molecule has 3 N–H and O–H groups in total. The van der Waals surface area contributed by atoms with Gasteiger partial charge in [-0.3, -0.25) is 9.69 Å². The number of hydrogen-bond donors (Lipinski definition) is 2. The van der Waals surface area contributed by atoms with Crippen molar-refractivity contribution in [3.8, 4) is 0 Å². The lowest BCUT2D eigenvalue weighted by Crippen LogP contribution is -2.68. The number of hydrogen-bond acceptors (Lipinski definition) is 8. The Kier molecular flexibility index (Phi) is 3.71. The lowest BCUT2D eigenvalue weighted by Gasteiger charge is -2.48. The molecule has 0 aliphatic carbocycles. The number of thioether (sulfide) groups is 2. The first kappa shape index (κ1) is 13.9. The van der Waals surface area contributed by atoms with Crippen LogP contribution in [0.1, 0.15) is 0 Å². The van der Waals surface area contributed by atoms with Gasteiger partial charge in [0, 0.05) is 11.5 Å². The molecule has 0 spiro atoms. The van der Waals surface area contributed by atoms with Gasteiger partial charge in [-0.25, -0.2) is 4.79 Å². The van der Waals surface area contributed by atoms with Crippen molar-refractivity contribution in [2.75, 3.05) is 11.5 Å². The fourth-order valence-corrected chi connectivity index (χ4v) is 4.93. The van der Waals surface area contributed by atoms with E-state index in [1.807, 2.05) is 0 Å². The molecule has 1 fully saturated rings. The minimum Gasteiger partial charge on any atom is -0.477 e. The third-order valence-electron chi connectivity index (χ3n) is 3.02. The number of aromatic nitrogens is 2. The number of carbonyl (C=O) groups excluding carboxylic acids is 1. The van der Waals surface area contributed by atoms with Gasteiger partial charge < -0.3 is 10.8 Å². The average molecular weight is 330 g/mol. The molecule has 2 atom stereocenters. The number of fused-ring (bicyclic) bond motifs is 1. The Balaban J connectivity index is 1.82. The summed E-state index contributed by atoms with van der Waals surface area (Å²) in [5.74, 6) is -0.317. The van der Waals surface area contributed by atoms with Crippen LogP contribution in [0.25, 0.3) is 0 Å². The molecule has 2 aliphatic heterocycles. The topological polar surface area (TPSA) is 109 Å². The monoisotopic (exact) mass is 330 g/mol. The van der Waals surface area contributed by atoms with Crippen molar-refractivity contribution in [3.63, 3.8) is 0 Å². The molecule has 1 aromatic rings. The predicted molar refractivity (Wildman–Crippen MR) is 76.4 cm³/mol. The molecule has 3 heterocycles. The first-order valence-electron chi connectivity index (χ1n) is 5.65. The average Bonchev–Trinajstić information content (AvgIpc) is 2.96. The van der Waals surface area contributed by atoms with Crippen LogP contribution in [0.2, 0.25) is 0 Å². The number of carboxylic acids is 1. The van der Waals surface area contributed by atoms with Gasteiger partial charge in [0.15, 0.2) is 0 Å². The Labute approximate surface area is 126 Å². The van der Waals surface area contributed by atoms with Crippen LogP contribution in [0.4, 0.5) is 0 Å². The third-order valence-corrected chi connectivity index (χ3v) is 6.30. The lowest BCUT2D eigenvalue weighted by atomic mass is 10.0. The SMILES string of the molecule is NC1C(=O)N2C(C(=O)O)=C(CSc3cnns3)CS[C@H]12. The van der Waals surface area contributed by atoms with Crippen LogP contribution < -0.4 is 5.73 Å². The first-order chi connectivity index (χ1) is 9.59. The van der Waals surface area contributed by atoms with E-state index in [1.165, 1.54) is 40.0 Å². The summed E-state index contributed by atoms with van der Waals surface area (Å²) < 4.78 is 4.67. The highest BCUT2D eigenvalue weighted by Gasteiger charge is 2.51. The van der Waals surface area contributed by atoms with Crippen molar-refractivity contribution in [1.82, 2.24) is 14.5 Å². The number of carbonyl (C=O) groups is 2.